The first-order valence-electron chi connectivity index (χ1n) is 7.70. The Kier molecular flexibility index (Phi) is 5.40. The average Bonchev–Trinajstić information content (AvgIpc) is 3.00. The van der Waals surface area contributed by atoms with Crippen LogP contribution < -0.4 is 5.32 Å². The number of nitrogens with one attached hydrogen (secondary N) is 1. The highest BCUT2D eigenvalue weighted by Gasteiger charge is 2.13. The van der Waals surface area contributed by atoms with Crippen LogP contribution in [0.15, 0.2) is 60.0 Å². The zero-order valence-corrected chi connectivity index (χ0v) is 15.4. The molecule has 1 N–H and O–H groups in total. The quantitative estimate of drug-likeness (QED) is 0.666. The Balaban J connectivity index is 1.73. The summed E-state index contributed by atoms with van der Waals surface area (Å²) in [7, 11) is 1.91. The molecule has 128 valence electrons. The van der Waals surface area contributed by atoms with Crippen LogP contribution in [0.4, 0.5) is 5.69 Å². The van der Waals surface area contributed by atoms with E-state index in [1.165, 1.54) is 0 Å². The number of carbonyl (C=O) groups is 1. The number of hydrogen-bond donors (Lipinski definition) is 1. The largest absolute Gasteiger partial charge is 0.322 e. The third-order valence-electron chi connectivity index (χ3n) is 3.65. The van der Waals surface area contributed by atoms with Gasteiger partial charge in [-0.15, -0.1) is 10.2 Å². The third-order valence-corrected chi connectivity index (χ3v) is 5.09. The van der Waals surface area contributed by atoms with Gasteiger partial charge in [0.05, 0.1) is 0 Å². The second kappa shape index (κ2) is 7.72. The summed E-state index contributed by atoms with van der Waals surface area (Å²) < 4.78 is 1.88. The van der Waals surface area contributed by atoms with Gasteiger partial charge in [-0.05, 0) is 42.8 Å². The van der Waals surface area contributed by atoms with Crippen molar-refractivity contribution in [3.8, 4) is 0 Å². The van der Waals surface area contributed by atoms with Crippen molar-refractivity contribution in [3.63, 3.8) is 0 Å². The van der Waals surface area contributed by atoms with Gasteiger partial charge in [-0.3, -0.25) is 4.79 Å². The van der Waals surface area contributed by atoms with Gasteiger partial charge in [-0.1, -0.05) is 41.6 Å². The number of thioether (sulfide) groups is 1. The Morgan fingerprint density at radius 2 is 2.04 bits per heavy atom. The molecule has 0 aliphatic rings. The molecule has 0 saturated heterocycles. The standard InChI is InChI=1S/C18H17ClN4OS/c1-12(25-18-22-20-11-23(18)2)13-5-4-8-16(10-13)21-17(24)14-6-3-7-15(19)9-14/h3-12H,1-2H3,(H,21,24). The third kappa shape index (κ3) is 4.41. The molecule has 0 spiro atoms. The van der Waals surface area contributed by atoms with Crippen LogP contribution in [-0.4, -0.2) is 20.7 Å². The molecule has 0 fully saturated rings. The highest BCUT2D eigenvalue weighted by molar-refractivity contribution is 7.99. The van der Waals surface area contributed by atoms with E-state index in [-0.39, 0.29) is 11.2 Å². The maximum atomic E-state index is 12.4. The maximum Gasteiger partial charge on any atom is 0.255 e. The SMILES string of the molecule is CC(Sc1nncn1C)c1cccc(NC(=O)c2cccc(Cl)c2)c1. The summed E-state index contributed by atoms with van der Waals surface area (Å²) in [4.78, 5) is 12.4. The molecule has 25 heavy (non-hydrogen) atoms. The van der Waals surface area contributed by atoms with E-state index in [0.29, 0.717) is 10.6 Å². The number of nitrogens with zero attached hydrogens (tertiary/aromatic N) is 3. The van der Waals surface area contributed by atoms with E-state index in [1.807, 2.05) is 35.9 Å². The minimum atomic E-state index is -0.187. The highest BCUT2D eigenvalue weighted by atomic mass is 35.5. The molecule has 1 aromatic heterocycles. The van der Waals surface area contributed by atoms with E-state index in [2.05, 4.69) is 22.4 Å². The Morgan fingerprint density at radius 1 is 1.24 bits per heavy atom. The summed E-state index contributed by atoms with van der Waals surface area (Å²) >= 11 is 7.56. The van der Waals surface area contributed by atoms with Gasteiger partial charge in [0.25, 0.3) is 5.91 Å². The van der Waals surface area contributed by atoms with Crippen LogP contribution in [0.25, 0.3) is 0 Å². The monoisotopic (exact) mass is 372 g/mol. The van der Waals surface area contributed by atoms with Gasteiger partial charge in [0.2, 0.25) is 0 Å². The van der Waals surface area contributed by atoms with Crippen molar-refractivity contribution in [3.05, 3.63) is 71.0 Å². The van der Waals surface area contributed by atoms with Crippen LogP contribution in [0.3, 0.4) is 0 Å². The fourth-order valence-electron chi connectivity index (χ4n) is 2.31. The lowest BCUT2D eigenvalue weighted by Gasteiger charge is -2.13. The van der Waals surface area contributed by atoms with Crippen molar-refractivity contribution in [2.24, 2.45) is 7.05 Å². The lowest BCUT2D eigenvalue weighted by molar-refractivity contribution is 0.102. The molecule has 5 nitrogen and oxygen atoms in total. The second-order valence-corrected chi connectivity index (χ2v) is 7.32. The molecule has 1 amide bonds. The summed E-state index contributed by atoms with van der Waals surface area (Å²) in [5.74, 6) is -0.187. The van der Waals surface area contributed by atoms with E-state index in [1.54, 1.807) is 42.4 Å². The van der Waals surface area contributed by atoms with Crippen molar-refractivity contribution < 1.29 is 4.79 Å². The van der Waals surface area contributed by atoms with Crippen molar-refractivity contribution in [1.29, 1.82) is 0 Å². The predicted molar refractivity (Wildman–Crippen MR) is 101 cm³/mol. The van der Waals surface area contributed by atoms with Crippen LogP contribution in [0.2, 0.25) is 5.02 Å². The van der Waals surface area contributed by atoms with Crippen molar-refractivity contribution in [1.82, 2.24) is 14.8 Å². The first-order valence-corrected chi connectivity index (χ1v) is 8.96. The summed E-state index contributed by atoms with van der Waals surface area (Å²) in [6.45, 7) is 2.09. The summed E-state index contributed by atoms with van der Waals surface area (Å²) in [6, 6.07) is 14.7. The van der Waals surface area contributed by atoms with Crippen molar-refractivity contribution in [2.45, 2.75) is 17.3 Å². The number of amides is 1. The highest BCUT2D eigenvalue weighted by Crippen LogP contribution is 2.34. The molecule has 0 saturated carbocycles. The number of aromatic nitrogens is 3. The summed E-state index contributed by atoms with van der Waals surface area (Å²) in [6.07, 6.45) is 1.68. The number of benzene rings is 2. The Hall–Kier alpha value is -2.31. The minimum Gasteiger partial charge on any atom is -0.322 e. The van der Waals surface area contributed by atoms with E-state index in [9.17, 15) is 4.79 Å². The number of hydrogen-bond acceptors (Lipinski definition) is 4. The number of rotatable bonds is 5. The molecule has 0 bridgehead atoms. The van der Waals surface area contributed by atoms with Crippen LogP contribution in [0.5, 0.6) is 0 Å². The van der Waals surface area contributed by atoms with Gasteiger partial charge in [-0.25, -0.2) is 0 Å². The number of aryl methyl sites for hydroxylation is 1. The van der Waals surface area contributed by atoms with Crippen LogP contribution in [0.1, 0.15) is 28.1 Å². The number of anilines is 1. The first-order chi connectivity index (χ1) is 12.0. The molecule has 0 aliphatic carbocycles. The Morgan fingerprint density at radius 3 is 2.76 bits per heavy atom. The van der Waals surface area contributed by atoms with Gasteiger partial charge >= 0.3 is 0 Å². The molecule has 7 heteroatoms. The first kappa shape index (κ1) is 17.5. The molecule has 0 aliphatic heterocycles. The smallest absolute Gasteiger partial charge is 0.255 e. The van der Waals surface area contributed by atoms with E-state index in [0.717, 1.165) is 16.4 Å². The fourth-order valence-corrected chi connectivity index (χ4v) is 3.40. The second-order valence-electron chi connectivity index (χ2n) is 5.57. The zero-order valence-electron chi connectivity index (χ0n) is 13.8. The lowest BCUT2D eigenvalue weighted by Crippen LogP contribution is -2.12. The van der Waals surface area contributed by atoms with Crippen LogP contribution in [-0.2, 0) is 7.05 Å². The molecule has 1 heterocycles. The summed E-state index contributed by atoms with van der Waals surface area (Å²) in [5, 5.41) is 12.5. The number of halogens is 1. The molecule has 1 atom stereocenters. The van der Waals surface area contributed by atoms with Gasteiger partial charge in [0, 0.05) is 28.6 Å². The van der Waals surface area contributed by atoms with Gasteiger partial charge < -0.3 is 9.88 Å². The minimum absolute atomic E-state index is 0.172. The average molecular weight is 373 g/mol. The predicted octanol–water partition coefficient (Wildman–Crippen LogP) is 4.57. The van der Waals surface area contributed by atoms with Crippen LogP contribution >= 0.6 is 23.4 Å². The van der Waals surface area contributed by atoms with Crippen molar-refractivity contribution >= 4 is 35.0 Å². The summed E-state index contributed by atoms with van der Waals surface area (Å²) in [5.41, 5.74) is 2.36. The Labute approximate surface area is 155 Å². The number of carbonyl (C=O) groups excluding carboxylic acids is 1. The van der Waals surface area contributed by atoms with Crippen LogP contribution in [0, 0.1) is 0 Å². The molecule has 3 aromatic rings. The molecule has 3 rings (SSSR count). The van der Waals surface area contributed by atoms with Gasteiger partial charge in [-0.2, -0.15) is 0 Å². The Bertz CT molecular complexity index is 896. The van der Waals surface area contributed by atoms with Gasteiger partial charge in [0.15, 0.2) is 5.16 Å². The molecular weight excluding hydrogens is 356 g/mol. The zero-order chi connectivity index (χ0) is 17.8. The maximum absolute atomic E-state index is 12.4. The van der Waals surface area contributed by atoms with E-state index < -0.39 is 0 Å². The lowest BCUT2D eigenvalue weighted by atomic mass is 10.1. The molecule has 1 unspecified atom stereocenters. The topological polar surface area (TPSA) is 59.8 Å². The van der Waals surface area contributed by atoms with Crippen molar-refractivity contribution in [2.75, 3.05) is 5.32 Å². The molecular formula is C18H17ClN4OS. The van der Waals surface area contributed by atoms with E-state index >= 15 is 0 Å². The fraction of sp³-hybridized carbons (Fsp3) is 0.167. The molecule has 2 aromatic carbocycles. The normalized spacial score (nSPS) is 12.0. The molecule has 0 radical (unpaired) electrons. The van der Waals surface area contributed by atoms with Gasteiger partial charge in [0.1, 0.15) is 6.33 Å². The van der Waals surface area contributed by atoms with E-state index in [4.69, 9.17) is 11.6 Å².